The topological polar surface area (TPSA) is 69.2 Å². The van der Waals surface area contributed by atoms with Crippen LogP contribution in [0.1, 0.15) is 38.5 Å². The first kappa shape index (κ1) is 14.5. The predicted octanol–water partition coefficient (Wildman–Crippen LogP) is 2.15. The second-order valence-corrected chi connectivity index (χ2v) is 5.81. The molecule has 0 bridgehead atoms. The molecular weight excluding hydrogens is 272 g/mol. The van der Waals surface area contributed by atoms with Crippen LogP contribution in [0.4, 0.5) is 4.79 Å². The van der Waals surface area contributed by atoms with Crippen LogP contribution in [0.15, 0.2) is 17.3 Å². The molecule has 2 fully saturated rings. The van der Waals surface area contributed by atoms with E-state index in [2.05, 4.69) is 10.3 Å². The van der Waals surface area contributed by atoms with Crippen molar-refractivity contribution in [3.8, 4) is 0 Å². The van der Waals surface area contributed by atoms with Crippen molar-refractivity contribution in [1.82, 2.24) is 5.32 Å². The van der Waals surface area contributed by atoms with Crippen LogP contribution in [0.2, 0.25) is 0 Å². The van der Waals surface area contributed by atoms with Crippen LogP contribution in [-0.2, 0) is 14.2 Å². The van der Waals surface area contributed by atoms with Crippen molar-refractivity contribution in [2.45, 2.75) is 49.9 Å². The Bertz CT molecular complexity index is 456. The summed E-state index contributed by atoms with van der Waals surface area (Å²) < 4.78 is 16.3. The maximum Gasteiger partial charge on any atom is 0.407 e. The lowest BCUT2D eigenvalue weighted by molar-refractivity contribution is -0.182. The lowest BCUT2D eigenvalue weighted by Crippen LogP contribution is -2.59. The molecule has 21 heavy (non-hydrogen) atoms. The average molecular weight is 294 g/mol. The summed E-state index contributed by atoms with van der Waals surface area (Å²) in [6.45, 7) is 1.31. The monoisotopic (exact) mass is 294 g/mol. The molecular formula is C15H22N2O4. The summed E-state index contributed by atoms with van der Waals surface area (Å²) in [4.78, 5) is 16.3. The van der Waals surface area contributed by atoms with E-state index in [1.165, 1.54) is 7.11 Å². The van der Waals surface area contributed by atoms with Gasteiger partial charge in [0.15, 0.2) is 5.79 Å². The molecule has 0 atom stereocenters. The van der Waals surface area contributed by atoms with Crippen molar-refractivity contribution in [3.63, 3.8) is 0 Å². The van der Waals surface area contributed by atoms with Crippen molar-refractivity contribution in [2.75, 3.05) is 20.3 Å². The van der Waals surface area contributed by atoms with E-state index in [0.717, 1.165) is 44.2 Å². The highest BCUT2D eigenvalue weighted by Crippen LogP contribution is 2.41. The van der Waals surface area contributed by atoms with E-state index in [9.17, 15) is 4.79 Å². The van der Waals surface area contributed by atoms with Gasteiger partial charge >= 0.3 is 6.09 Å². The average Bonchev–Trinajstić information content (AvgIpc) is 2.99. The molecule has 1 N–H and O–H groups in total. The Morgan fingerprint density at radius 2 is 2.00 bits per heavy atom. The number of allylic oxidation sites excluding steroid dienone is 1. The van der Waals surface area contributed by atoms with Crippen LogP contribution < -0.4 is 5.32 Å². The van der Waals surface area contributed by atoms with Gasteiger partial charge in [0.2, 0.25) is 0 Å². The summed E-state index contributed by atoms with van der Waals surface area (Å²) in [6.07, 6.45) is 8.34. The molecule has 0 aromatic carbocycles. The molecule has 6 nitrogen and oxygen atoms in total. The molecule has 6 heteroatoms. The van der Waals surface area contributed by atoms with E-state index in [4.69, 9.17) is 14.2 Å². The molecule has 0 aromatic rings. The predicted molar refractivity (Wildman–Crippen MR) is 77.2 cm³/mol. The van der Waals surface area contributed by atoms with Crippen LogP contribution in [-0.4, -0.2) is 43.5 Å². The SMILES string of the molecule is COC(=O)NC1(C2=NC=CCC2)CCC2(CC1)OCCO2. The number of methoxy groups -OCH3 is 1. The maximum atomic E-state index is 11.8. The normalized spacial score (nSPS) is 26.4. The number of rotatable bonds is 2. The number of carbonyl (C=O) groups excluding carboxylic acids is 1. The van der Waals surface area contributed by atoms with Crippen molar-refractivity contribution in [1.29, 1.82) is 0 Å². The van der Waals surface area contributed by atoms with Gasteiger partial charge in [-0.05, 0) is 25.7 Å². The molecule has 116 valence electrons. The molecule has 3 rings (SSSR count). The van der Waals surface area contributed by atoms with Gasteiger partial charge in [-0.2, -0.15) is 0 Å². The zero-order valence-electron chi connectivity index (χ0n) is 12.4. The summed E-state index contributed by atoms with van der Waals surface area (Å²) >= 11 is 0. The highest BCUT2D eigenvalue weighted by molar-refractivity contribution is 5.97. The highest BCUT2D eigenvalue weighted by Gasteiger charge is 2.49. The minimum absolute atomic E-state index is 0.406. The van der Waals surface area contributed by atoms with E-state index in [1.807, 2.05) is 12.3 Å². The Balaban J connectivity index is 1.79. The van der Waals surface area contributed by atoms with Crippen molar-refractivity contribution >= 4 is 11.8 Å². The molecule has 1 saturated carbocycles. The van der Waals surface area contributed by atoms with E-state index >= 15 is 0 Å². The molecule has 0 unspecified atom stereocenters. The Morgan fingerprint density at radius 3 is 2.57 bits per heavy atom. The number of aliphatic imine (C=N–C) groups is 1. The van der Waals surface area contributed by atoms with Crippen LogP contribution in [0.25, 0.3) is 0 Å². The van der Waals surface area contributed by atoms with Gasteiger partial charge in [0.1, 0.15) is 0 Å². The second kappa shape index (κ2) is 5.77. The highest BCUT2D eigenvalue weighted by atomic mass is 16.7. The summed E-state index contributed by atoms with van der Waals surface area (Å²) in [5.41, 5.74) is 0.599. The summed E-state index contributed by atoms with van der Waals surface area (Å²) in [6, 6.07) is 0. The summed E-state index contributed by atoms with van der Waals surface area (Å²) in [5, 5.41) is 3.02. The minimum atomic E-state index is -0.452. The molecule has 1 amide bonds. The quantitative estimate of drug-likeness (QED) is 0.847. The maximum absolute atomic E-state index is 11.8. The summed E-state index contributed by atoms with van der Waals surface area (Å²) in [7, 11) is 1.39. The lowest BCUT2D eigenvalue weighted by Gasteiger charge is -2.44. The molecule has 2 aliphatic heterocycles. The number of ether oxygens (including phenoxy) is 3. The van der Waals surface area contributed by atoms with Gasteiger partial charge in [0.25, 0.3) is 0 Å². The fraction of sp³-hybridized carbons (Fsp3) is 0.733. The third-order valence-electron chi connectivity index (χ3n) is 4.64. The number of amides is 1. The van der Waals surface area contributed by atoms with Crippen molar-refractivity contribution < 1.29 is 19.0 Å². The molecule has 0 aromatic heterocycles. The van der Waals surface area contributed by atoms with Gasteiger partial charge < -0.3 is 19.5 Å². The smallest absolute Gasteiger partial charge is 0.407 e. The first-order chi connectivity index (χ1) is 10.2. The van der Waals surface area contributed by atoms with E-state index < -0.39 is 17.4 Å². The van der Waals surface area contributed by atoms with Gasteiger partial charge in [-0.1, -0.05) is 6.08 Å². The fourth-order valence-electron chi connectivity index (χ4n) is 3.44. The van der Waals surface area contributed by atoms with Crippen molar-refractivity contribution in [2.24, 2.45) is 4.99 Å². The molecule has 0 radical (unpaired) electrons. The first-order valence-corrected chi connectivity index (χ1v) is 7.54. The van der Waals surface area contributed by atoms with Gasteiger partial charge in [0, 0.05) is 24.8 Å². The van der Waals surface area contributed by atoms with Gasteiger partial charge in [-0.25, -0.2) is 4.79 Å². The van der Waals surface area contributed by atoms with Gasteiger partial charge in [-0.3, -0.25) is 4.99 Å². The molecule has 2 heterocycles. The lowest BCUT2D eigenvalue weighted by atomic mass is 9.74. The zero-order chi connectivity index (χ0) is 14.8. The minimum Gasteiger partial charge on any atom is -0.453 e. The third-order valence-corrected chi connectivity index (χ3v) is 4.64. The van der Waals surface area contributed by atoms with E-state index in [-0.39, 0.29) is 0 Å². The summed E-state index contributed by atoms with van der Waals surface area (Å²) in [5.74, 6) is -0.452. The number of alkyl carbamates (subject to hydrolysis) is 1. The third kappa shape index (κ3) is 2.82. The molecule has 1 saturated heterocycles. The van der Waals surface area contributed by atoms with Crippen molar-refractivity contribution in [3.05, 3.63) is 12.3 Å². The van der Waals surface area contributed by atoms with Crippen LogP contribution in [0.3, 0.4) is 0 Å². The van der Waals surface area contributed by atoms with Crippen LogP contribution in [0.5, 0.6) is 0 Å². The van der Waals surface area contributed by atoms with Gasteiger partial charge in [-0.15, -0.1) is 0 Å². The van der Waals surface area contributed by atoms with Crippen LogP contribution in [0, 0.1) is 0 Å². The number of hydrogen-bond donors (Lipinski definition) is 1. The zero-order valence-corrected chi connectivity index (χ0v) is 12.4. The van der Waals surface area contributed by atoms with E-state index in [0.29, 0.717) is 13.2 Å². The largest absolute Gasteiger partial charge is 0.453 e. The number of nitrogens with one attached hydrogen (secondary N) is 1. The Kier molecular flexibility index (Phi) is 3.99. The number of carbonyl (C=O) groups is 1. The number of nitrogens with zero attached hydrogens (tertiary/aromatic N) is 1. The van der Waals surface area contributed by atoms with E-state index in [1.54, 1.807) is 0 Å². The first-order valence-electron chi connectivity index (χ1n) is 7.54. The Hall–Kier alpha value is -1.40. The number of hydrogen-bond acceptors (Lipinski definition) is 5. The Labute approximate surface area is 124 Å². The Morgan fingerprint density at radius 1 is 1.29 bits per heavy atom. The fourth-order valence-corrected chi connectivity index (χ4v) is 3.44. The van der Waals surface area contributed by atoms with Gasteiger partial charge in [0.05, 0.1) is 25.9 Å². The standard InChI is InChI=1S/C15H22N2O4/c1-19-13(18)17-14(12-4-2-3-9-16-12)5-7-15(8-6-14)20-10-11-21-15/h3,9H,2,4-8,10-11H2,1H3,(H,17,18). The molecule has 1 spiro atoms. The molecule has 1 aliphatic carbocycles. The van der Waals surface area contributed by atoms with Crippen LogP contribution >= 0.6 is 0 Å². The second-order valence-electron chi connectivity index (χ2n) is 5.81. The molecule has 3 aliphatic rings.